The topological polar surface area (TPSA) is 105 Å². The van der Waals surface area contributed by atoms with Gasteiger partial charge >= 0.3 is 0 Å². The van der Waals surface area contributed by atoms with Crippen LogP contribution >= 0.6 is 0 Å². The van der Waals surface area contributed by atoms with Gasteiger partial charge in [-0.05, 0) is 78.9 Å². The van der Waals surface area contributed by atoms with Crippen LogP contribution in [0.2, 0.25) is 0 Å². The molecule has 0 aliphatic carbocycles. The summed E-state index contributed by atoms with van der Waals surface area (Å²) < 4.78 is 56.0. The van der Waals surface area contributed by atoms with Gasteiger partial charge in [0.25, 0.3) is 0 Å². The molecule has 40 heavy (non-hydrogen) atoms. The standard InChI is InChI=1S/C29H28F2N6O2S/c1-40(38,39)36-28-13-20(2-3-24(28)19-4-7-32-8-5-19)21-12-25-26(16-34-29(25)33-15-21)27-6-9-37(35-27)17-18-10-22(30)14-23(31)11-18/h2-3,6,9-16,19,32,36H,4-5,7-8,17H2,1H3,(H,33,34). The molecule has 1 aliphatic rings. The number of aromatic nitrogens is 4. The van der Waals surface area contributed by atoms with E-state index in [0.29, 0.717) is 22.6 Å². The highest BCUT2D eigenvalue weighted by molar-refractivity contribution is 7.92. The van der Waals surface area contributed by atoms with Gasteiger partial charge in [0, 0.05) is 41.2 Å². The Hall–Kier alpha value is -4.09. The molecule has 4 heterocycles. The molecule has 3 aromatic heterocycles. The lowest BCUT2D eigenvalue weighted by molar-refractivity contribution is 0.461. The zero-order valence-electron chi connectivity index (χ0n) is 21.8. The molecule has 0 saturated carbocycles. The van der Waals surface area contributed by atoms with Crippen LogP contribution in [0.5, 0.6) is 0 Å². The molecule has 0 amide bonds. The maximum absolute atomic E-state index is 13.6. The first-order valence-corrected chi connectivity index (χ1v) is 14.9. The van der Waals surface area contributed by atoms with Gasteiger partial charge in [-0.3, -0.25) is 9.40 Å². The average Bonchev–Trinajstić information content (AvgIpc) is 3.54. The highest BCUT2D eigenvalue weighted by atomic mass is 32.2. The number of fused-ring (bicyclic) bond motifs is 1. The molecule has 5 aromatic rings. The Morgan fingerprint density at radius 1 is 1.02 bits per heavy atom. The molecule has 0 atom stereocenters. The first kappa shape index (κ1) is 26.1. The molecule has 11 heteroatoms. The maximum Gasteiger partial charge on any atom is 0.229 e. The molecule has 3 N–H and O–H groups in total. The Labute approximate surface area is 230 Å². The SMILES string of the molecule is CS(=O)(=O)Nc1cc(-c2cnc3[nH]cc(-c4ccn(Cc5cc(F)cc(F)c5)n4)c3c2)ccc1C1CCNCC1. The molecule has 0 bridgehead atoms. The lowest BCUT2D eigenvalue weighted by atomic mass is 9.88. The molecule has 0 unspecified atom stereocenters. The zero-order valence-corrected chi connectivity index (χ0v) is 22.6. The normalized spacial score (nSPS) is 14.6. The average molecular weight is 563 g/mol. The number of sulfonamides is 1. The summed E-state index contributed by atoms with van der Waals surface area (Å²) in [6.45, 7) is 2.02. The molecular weight excluding hydrogens is 534 g/mol. The quantitative estimate of drug-likeness (QED) is 0.251. The number of H-pyrrole nitrogens is 1. The number of rotatable bonds is 7. The van der Waals surface area contributed by atoms with Crippen molar-refractivity contribution in [3.05, 3.63) is 89.9 Å². The van der Waals surface area contributed by atoms with E-state index in [9.17, 15) is 17.2 Å². The fourth-order valence-electron chi connectivity index (χ4n) is 5.37. The van der Waals surface area contributed by atoms with Gasteiger partial charge in [0.2, 0.25) is 10.0 Å². The summed E-state index contributed by atoms with van der Waals surface area (Å²) in [5.41, 5.74) is 5.92. The Kier molecular flexibility index (Phi) is 6.85. The van der Waals surface area contributed by atoms with Crippen LogP contribution in [-0.4, -0.2) is 47.5 Å². The fraction of sp³-hybridized carbons (Fsp3) is 0.241. The number of nitrogens with zero attached hydrogens (tertiary/aromatic N) is 3. The number of nitrogens with one attached hydrogen (secondary N) is 3. The Bertz CT molecular complexity index is 1790. The minimum Gasteiger partial charge on any atom is -0.345 e. The van der Waals surface area contributed by atoms with Crippen LogP contribution in [0.4, 0.5) is 14.5 Å². The summed E-state index contributed by atoms with van der Waals surface area (Å²) in [6.07, 6.45) is 8.39. The van der Waals surface area contributed by atoms with Crippen molar-refractivity contribution in [3.8, 4) is 22.4 Å². The van der Waals surface area contributed by atoms with Crippen LogP contribution in [0.3, 0.4) is 0 Å². The summed E-state index contributed by atoms with van der Waals surface area (Å²) in [5.74, 6) is -0.983. The summed E-state index contributed by atoms with van der Waals surface area (Å²) in [5, 5.41) is 8.82. The predicted octanol–water partition coefficient (Wildman–Crippen LogP) is 5.26. The van der Waals surface area contributed by atoms with E-state index in [1.165, 1.54) is 12.1 Å². The van der Waals surface area contributed by atoms with Gasteiger partial charge in [0.1, 0.15) is 17.3 Å². The van der Waals surface area contributed by atoms with Crippen LogP contribution in [-0.2, 0) is 16.6 Å². The van der Waals surface area contributed by atoms with E-state index < -0.39 is 21.7 Å². The van der Waals surface area contributed by atoms with E-state index in [-0.39, 0.29) is 12.5 Å². The summed E-state index contributed by atoms with van der Waals surface area (Å²) >= 11 is 0. The number of benzene rings is 2. The molecule has 206 valence electrons. The van der Waals surface area contributed by atoms with Crippen molar-refractivity contribution in [3.63, 3.8) is 0 Å². The van der Waals surface area contributed by atoms with Gasteiger partial charge in [-0.1, -0.05) is 12.1 Å². The molecule has 8 nitrogen and oxygen atoms in total. The molecule has 1 saturated heterocycles. The zero-order chi connectivity index (χ0) is 27.9. The van der Waals surface area contributed by atoms with Crippen molar-refractivity contribution in [1.29, 1.82) is 0 Å². The van der Waals surface area contributed by atoms with Gasteiger partial charge in [-0.15, -0.1) is 0 Å². The maximum atomic E-state index is 13.6. The van der Waals surface area contributed by atoms with E-state index >= 15 is 0 Å². The molecule has 6 rings (SSSR count). The number of pyridine rings is 1. The molecule has 1 fully saturated rings. The van der Waals surface area contributed by atoms with Gasteiger partial charge in [0.15, 0.2) is 0 Å². The third kappa shape index (κ3) is 5.61. The second kappa shape index (κ2) is 10.5. The highest BCUT2D eigenvalue weighted by Crippen LogP contribution is 2.36. The van der Waals surface area contributed by atoms with Crippen molar-refractivity contribution in [2.75, 3.05) is 24.1 Å². The minimum atomic E-state index is -3.47. The molecule has 0 spiro atoms. The summed E-state index contributed by atoms with van der Waals surface area (Å²) in [6, 6.07) is 13.2. The van der Waals surface area contributed by atoms with Crippen LogP contribution in [0.15, 0.2) is 67.1 Å². The van der Waals surface area contributed by atoms with Crippen LogP contribution in [0, 0.1) is 11.6 Å². The highest BCUT2D eigenvalue weighted by Gasteiger charge is 2.21. The molecule has 1 aliphatic heterocycles. The van der Waals surface area contributed by atoms with E-state index in [0.717, 1.165) is 65.9 Å². The number of anilines is 1. The Morgan fingerprint density at radius 3 is 2.55 bits per heavy atom. The number of hydrogen-bond donors (Lipinski definition) is 3. The number of halogens is 2. The number of hydrogen-bond acceptors (Lipinski definition) is 5. The molecule has 0 radical (unpaired) electrons. The van der Waals surface area contributed by atoms with E-state index in [1.54, 1.807) is 17.1 Å². The predicted molar refractivity (Wildman–Crippen MR) is 152 cm³/mol. The third-order valence-corrected chi connectivity index (χ3v) is 7.77. The van der Waals surface area contributed by atoms with Crippen LogP contribution in [0.1, 0.15) is 29.9 Å². The minimum absolute atomic E-state index is 0.222. The number of aromatic amines is 1. The van der Waals surface area contributed by atoms with Gasteiger partial charge < -0.3 is 10.3 Å². The van der Waals surface area contributed by atoms with Crippen molar-refractivity contribution in [2.24, 2.45) is 0 Å². The van der Waals surface area contributed by atoms with E-state index in [4.69, 9.17) is 0 Å². The molecule has 2 aromatic carbocycles. The Morgan fingerprint density at radius 2 is 1.80 bits per heavy atom. The van der Waals surface area contributed by atoms with E-state index in [1.807, 2.05) is 36.5 Å². The first-order chi connectivity index (χ1) is 19.2. The van der Waals surface area contributed by atoms with Gasteiger partial charge in [-0.25, -0.2) is 22.2 Å². The fourth-order valence-corrected chi connectivity index (χ4v) is 5.94. The van der Waals surface area contributed by atoms with Crippen molar-refractivity contribution in [1.82, 2.24) is 25.1 Å². The second-order valence-corrected chi connectivity index (χ2v) is 11.9. The monoisotopic (exact) mass is 562 g/mol. The largest absolute Gasteiger partial charge is 0.345 e. The first-order valence-electron chi connectivity index (χ1n) is 13.0. The summed E-state index contributed by atoms with van der Waals surface area (Å²) in [4.78, 5) is 7.77. The van der Waals surface area contributed by atoms with Crippen molar-refractivity contribution >= 4 is 26.7 Å². The lowest BCUT2D eigenvalue weighted by Crippen LogP contribution is -2.27. The van der Waals surface area contributed by atoms with Crippen molar-refractivity contribution in [2.45, 2.75) is 25.3 Å². The molecular formula is C29H28F2N6O2S. The van der Waals surface area contributed by atoms with Crippen LogP contribution < -0.4 is 10.0 Å². The third-order valence-electron chi connectivity index (χ3n) is 7.18. The lowest BCUT2D eigenvalue weighted by Gasteiger charge is -2.25. The number of piperidine rings is 1. The van der Waals surface area contributed by atoms with Gasteiger partial charge in [0.05, 0.1) is 24.2 Å². The van der Waals surface area contributed by atoms with Gasteiger partial charge in [-0.2, -0.15) is 5.10 Å². The smallest absolute Gasteiger partial charge is 0.229 e. The van der Waals surface area contributed by atoms with E-state index in [2.05, 4.69) is 25.1 Å². The Balaban J connectivity index is 1.33. The van der Waals surface area contributed by atoms with Crippen LogP contribution in [0.25, 0.3) is 33.4 Å². The summed E-state index contributed by atoms with van der Waals surface area (Å²) in [7, 11) is -3.47. The van der Waals surface area contributed by atoms with Crippen molar-refractivity contribution < 1.29 is 17.2 Å². The second-order valence-electron chi connectivity index (χ2n) is 10.2.